The minimum Gasteiger partial charge on any atom is -0.394 e. The summed E-state index contributed by atoms with van der Waals surface area (Å²) in [6.45, 7) is 0.368. The van der Waals surface area contributed by atoms with Crippen LogP contribution in [0.4, 0.5) is 8.78 Å². The lowest BCUT2D eigenvalue weighted by Crippen LogP contribution is -2.53. The van der Waals surface area contributed by atoms with Gasteiger partial charge in [-0.15, -0.1) is 11.3 Å². The van der Waals surface area contributed by atoms with Gasteiger partial charge in [0.15, 0.2) is 0 Å². The molecule has 0 saturated carbocycles. The largest absolute Gasteiger partial charge is 0.394 e. The number of hydrogen-bond donors (Lipinski definition) is 2. The van der Waals surface area contributed by atoms with Crippen LogP contribution in [0.5, 0.6) is 0 Å². The highest BCUT2D eigenvalue weighted by atomic mass is 32.1. The number of thiophene rings is 1. The molecule has 2 N–H and O–H groups in total. The van der Waals surface area contributed by atoms with Crippen LogP contribution in [0, 0.1) is 5.92 Å². The number of nitrogens with zero attached hydrogens (tertiary/aromatic N) is 1. The van der Waals surface area contributed by atoms with Crippen LogP contribution < -0.4 is 5.32 Å². The van der Waals surface area contributed by atoms with Gasteiger partial charge < -0.3 is 10.4 Å². The molecule has 2 heterocycles. The van der Waals surface area contributed by atoms with E-state index in [-0.39, 0.29) is 6.04 Å². The summed E-state index contributed by atoms with van der Waals surface area (Å²) in [5.74, 6) is -4.19. The Kier molecular flexibility index (Phi) is 4.56. The van der Waals surface area contributed by atoms with Crippen molar-refractivity contribution in [3.05, 3.63) is 40.8 Å². The number of alkyl halides is 2. The average Bonchev–Trinajstić information content (AvgIpc) is 3.03. The van der Waals surface area contributed by atoms with Crippen molar-refractivity contribution in [2.45, 2.75) is 31.4 Å². The number of likely N-dealkylation sites (N-methyl/N-ethyl adjacent to an activating group) is 1. The first kappa shape index (κ1) is 18.5. The molecule has 1 aliphatic carbocycles. The summed E-state index contributed by atoms with van der Waals surface area (Å²) in [4.78, 5) is 14.8. The third-order valence-electron chi connectivity index (χ3n) is 5.60. The van der Waals surface area contributed by atoms with E-state index in [1.807, 2.05) is 19.2 Å². The van der Waals surface area contributed by atoms with Gasteiger partial charge in [0.05, 0.1) is 12.5 Å². The van der Waals surface area contributed by atoms with E-state index < -0.39 is 30.4 Å². The van der Waals surface area contributed by atoms with Gasteiger partial charge >= 0.3 is 0 Å². The number of rotatable bonds is 4. The molecule has 0 bridgehead atoms. The van der Waals surface area contributed by atoms with Gasteiger partial charge in [-0.3, -0.25) is 9.69 Å². The van der Waals surface area contributed by atoms with Crippen molar-refractivity contribution in [1.29, 1.82) is 0 Å². The number of carbonyl (C=O) groups excluding carboxylic acids is 1. The SMILES string of the molecule is CN1CC(C(=O)NC(CO)C(C)(F)F)C=C2c3cccc4scc(c34)CC21. The van der Waals surface area contributed by atoms with Crippen molar-refractivity contribution < 1.29 is 18.7 Å². The fourth-order valence-electron chi connectivity index (χ4n) is 4.11. The molecule has 0 fully saturated rings. The first-order valence-corrected chi connectivity index (χ1v) is 9.88. The number of aliphatic hydroxyl groups excluding tert-OH is 1. The summed E-state index contributed by atoms with van der Waals surface area (Å²) >= 11 is 1.72. The Labute approximate surface area is 160 Å². The first-order valence-electron chi connectivity index (χ1n) is 9.00. The van der Waals surface area contributed by atoms with Crippen LogP contribution in [0.15, 0.2) is 29.7 Å². The molecule has 4 nitrogen and oxygen atoms in total. The van der Waals surface area contributed by atoms with Gasteiger partial charge in [-0.2, -0.15) is 0 Å². The highest BCUT2D eigenvalue weighted by molar-refractivity contribution is 7.17. The Morgan fingerprint density at radius 3 is 2.96 bits per heavy atom. The molecule has 2 aliphatic rings. The lowest BCUT2D eigenvalue weighted by molar-refractivity contribution is -0.129. The van der Waals surface area contributed by atoms with Crippen molar-refractivity contribution in [1.82, 2.24) is 10.2 Å². The molecular formula is C20H22F2N2O2S. The van der Waals surface area contributed by atoms with Gasteiger partial charge in [0.1, 0.15) is 6.04 Å². The zero-order valence-electron chi connectivity index (χ0n) is 15.2. The van der Waals surface area contributed by atoms with E-state index in [0.29, 0.717) is 13.5 Å². The molecule has 0 spiro atoms. The van der Waals surface area contributed by atoms with E-state index >= 15 is 0 Å². The molecule has 0 radical (unpaired) electrons. The third kappa shape index (κ3) is 3.17. The summed E-state index contributed by atoms with van der Waals surface area (Å²) in [5.41, 5.74) is 3.54. The molecule has 2 aromatic rings. The van der Waals surface area contributed by atoms with Crippen LogP contribution in [0.3, 0.4) is 0 Å². The second kappa shape index (κ2) is 6.65. The van der Waals surface area contributed by atoms with Crippen molar-refractivity contribution in [2.75, 3.05) is 20.2 Å². The van der Waals surface area contributed by atoms with Crippen molar-refractivity contribution in [3.63, 3.8) is 0 Å². The minimum atomic E-state index is -3.18. The van der Waals surface area contributed by atoms with E-state index in [4.69, 9.17) is 0 Å². The predicted molar refractivity (Wildman–Crippen MR) is 103 cm³/mol. The lowest BCUT2D eigenvalue weighted by atomic mass is 9.80. The maximum Gasteiger partial charge on any atom is 0.267 e. The Bertz CT molecular complexity index is 918. The molecule has 3 unspecified atom stereocenters. The van der Waals surface area contributed by atoms with Gasteiger partial charge in [0, 0.05) is 29.6 Å². The topological polar surface area (TPSA) is 52.6 Å². The Hall–Kier alpha value is -1.83. The number of hydrogen-bond acceptors (Lipinski definition) is 4. The van der Waals surface area contributed by atoms with Crippen molar-refractivity contribution in [3.8, 4) is 0 Å². The van der Waals surface area contributed by atoms with E-state index in [2.05, 4.69) is 27.7 Å². The number of benzene rings is 1. The van der Waals surface area contributed by atoms with Crippen LogP contribution in [-0.2, 0) is 11.2 Å². The standard InChI is InChI=1S/C20H22F2N2O2S/c1-20(21,22)17(9-25)23-19(26)11-6-14-13-4-3-5-16-18(13)12(10-27-16)7-15(14)24(2)8-11/h3-6,10-11,15,17,25H,7-9H2,1-2H3,(H,23,26). The zero-order valence-corrected chi connectivity index (χ0v) is 16.0. The summed E-state index contributed by atoms with van der Waals surface area (Å²) in [6.07, 6.45) is 2.82. The monoisotopic (exact) mass is 392 g/mol. The van der Waals surface area contributed by atoms with Crippen LogP contribution in [0.2, 0.25) is 0 Å². The van der Waals surface area contributed by atoms with Crippen LogP contribution in [0.25, 0.3) is 15.7 Å². The first-order chi connectivity index (χ1) is 12.8. The molecule has 0 saturated heterocycles. The molecule has 4 rings (SSSR count). The fraction of sp³-hybridized carbons (Fsp3) is 0.450. The van der Waals surface area contributed by atoms with E-state index in [0.717, 1.165) is 17.6 Å². The number of amides is 1. The molecule has 144 valence electrons. The highest BCUT2D eigenvalue weighted by Gasteiger charge is 2.39. The summed E-state index contributed by atoms with van der Waals surface area (Å²) in [5, 5.41) is 15.0. The van der Waals surface area contributed by atoms with E-state index in [1.54, 1.807) is 11.3 Å². The molecule has 1 aromatic heterocycles. The Balaban J connectivity index is 1.68. The van der Waals surface area contributed by atoms with Crippen LogP contribution in [0.1, 0.15) is 18.1 Å². The van der Waals surface area contributed by atoms with Gasteiger partial charge in [-0.1, -0.05) is 18.2 Å². The summed E-state index contributed by atoms with van der Waals surface area (Å²) in [7, 11) is 1.97. The fourth-order valence-corrected chi connectivity index (χ4v) is 5.11. The summed E-state index contributed by atoms with van der Waals surface area (Å²) in [6, 6.07) is 4.79. The van der Waals surface area contributed by atoms with Crippen molar-refractivity contribution in [2.24, 2.45) is 5.92 Å². The smallest absolute Gasteiger partial charge is 0.267 e. The molecule has 1 aromatic carbocycles. The molecule has 1 aliphatic heterocycles. The molecular weight excluding hydrogens is 370 g/mol. The van der Waals surface area contributed by atoms with Gasteiger partial charge in [-0.05, 0) is 41.6 Å². The molecule has 7 heteroatoms. The molecule has 27 heavy (non-hydrogen) atoms. The zero-order chi connectivity index (χ0) is 19.3. The minimum absolute atomic E-state index is 0.183. The van der Waals surface area contributed by atoms with E-state index in [1.165, 1.54) is 15.6 Å². The maximum atomic E-state index is 13.5. The van der Waals surface area contributed by atoms with Gasteiger partial charge in [0.25, 0.3) is 5.92 Å². The predicted octanol–water partition coefficient (Wildman–Crippen LogP) is 2.90. The number of aliphatic hydroxyl groups is 1. The highest BCUT2D eigenvalue weighted by Crippen LogP contribution is 2.43. The van der Waals surface area contributed by atoms with Crippen LogP contribution >= 0.6 is 11.3 Å². The second-order valence-electron chi connectivity index (χ2n) is 7.53. The Morgan fingerprint density at radius 2 is 2.26 bits per heavy atom. The van der Waals surface area contributed by atoms with Gasteiger partial charge in [-0.25, -0.2) is 8.78 Å². The number of fused-ring (bicyclic) bond motifs is 2. The van der Waals surface area contributed by atoms with Crippen LogP contribution in [-0.4, -0.2) is 54.1 Å². The maximum absolute atomic E-state index is 13.5. The number of nitrogens with one attached hydrogen (secondary N) is 1. The summed E-state index contributed by atoms with van der Waals surface area (Å²) < 4.78 is 28.3. The quantitative estimate of drug-likeness (QED) is 0.841. The number of halogens is 2. The van der Waals surface area contributed by atoms with Crippen molar-refractivity contribution >= 4 is 32.9 Å². The molecule has 1 amide bonds. The van der Waals surface area contributed by atoms with E-state index in [9.17, 15) is 18.7 Å². The van der Waals surface area contributed by atoms with Gasteiger partial charge in [0.2, 0.25) is 5.91 Å². The second-order valence-corrected chi connectivity index (χ2v) is 8.44. The average molecular weight is 392 g/mol. The normalized spacial score (nSPS) is 23.7. The lowest BCUT2D eigenvalue weighted by Gasteiger charge is -2.39. The Morgan fingerprint density at radius 1 is 1.48 bits per heavy atom. The molecule has 3 atom stereocenters. The number of carbonyl (C=O) groups is 1. The third-order valence-corrected chi connectivity index (χ3v) is 6.60.